The molecule has 1 amide bonds. The average Bonchev–Trinajstić information content (AvgIpc) is 3.02. The van der Waals surface area contributed by atoms with Gasteiger partial charge in [0.1, 0.15) is 4.90 Å². The molecule has 0 aliphatic rings. The lowest BCUT2D eigenvalue weighted by molar-refractivity contribution is 0.0976. The minimum absolute atomic E-state index is 0.120. The van der Waals surface area contributed by atoms with Crippen LogP contribution in [0.4, 0.5) is 4.39 Å². The van der Waals surface area contributed by atoms with Gasteiger partial charge in [0.05, 0.1) is 26.4 Å². The van der Waals surface area contributed by atoms with Crippen molar-refractivity contribution in [3.05, 3.63) is 67.6 Å². The van der Waals surface area contributed by atoms with E-state index in [1.807, 2.05) is 4.72 Å². The number of sulfonamides is 1. The largest absolute Gasteiger partial charge is 0.287 e. The van der Waals surface area contributed by atoms with Gasteiger partial charge in [-0.15, -0.1) is 5.10 Å². The van der Waals surface area contributed by atoms with Crippen LogP contribution in [0.5, 0.6) is 0 Å². The van der Waals surface area contributed by atoms with Crippen LogP contribution in [0.15, 0.2) is 35.2 Å². The van der Waals surface area contributed by atoms with Gasteiger partial charge in [0.2, 0.25) is 0 Å². The van der Waals surface area contributed by atoms with Crippen LogP contribution in [-0.2, 0) is 10.0 Å². The molecule has 7 nitrogen and oxygen atoms in total. The third kappa shape index (κ3) is 4.34. The Morgan fingerprint density at radius 3 is 2.31 bits per heavy atom. The quantitative estimate of drug-likeness (QED) is 0.537. The lowest BCUT2D eigenvalue weighted by Gasteiger charge is -2.09. The summed E-state index contributed by atoms with van der Waals surface area (Å²) in [5.74, 6) is -1.86. The van der Waals surface area contributed by atoms with Crippen molar-refractivity contribution in [3.63, 3.8) is 0 Å². The fraction of sp³-hybridized carbons (Fsp3) is 0.0625. The molecule has 0 atom stereocenters. The van der Waals surface area contributed by atoms with Crippen molar-refractivity contribution in [2.75, 3.05) is 0 Å². The van der Waals surface area contributed by atoms with Crippen LogP contribution in [-0.4, -0.2) is 29.3 Å². The number of hydrogen-bond donors (Lipinski definition) is 1. The topological polar surface area (TPSA) is 93.9 Å². The molecule has 0 saturated carbocycles. The Morgan fingerprint density at radius 1 is 1.07 bits per heavy atom. The molecule has 0 fully saturated rings. The molecule has 0 aliphatic carbocycles. The number of aromatic nitrogens is 3. The van der Waals surface area contributed by atoms with Gasteiger partial charge >= 0.3 is 0 Å². The lowest BCUT2D eigenvalue weighted by Crippen LogP contribution is -2.31. The van der Waals surface area contributed by atoms with Gasteiger partial charge in [-0.3, -0.25) is 4.79 Å². The summed E-state index contributed by atoms with van der Waals surface area (Å²) in [6.07, 6.45) is 0. The molecule has 0 aliphatic heterocycles. The first kappa shape index (κ1) is 21.8. The highest BCUT2D eigenvalue weighted by Crippen LogP contribution is 2.28. The highest BCUT2D eigenvalue weighted by Gasteiger charge is 2.26. The second kappa shape index (κ2) is 8.08. The van der Waals surface area contributed by atoms with Crippen LogP contribution >= 0.6 is 46.4 Å². The number of nitrogens with one attached hydrogen (secondary N) is 1. The summed E-state index contributed by atoms with van der Waals surface area (Å²) in [5.41, 5.74) is 0.100. The standard InChI is InChI=1S/C16H9Cl4FN4O3S/c1-7-15(22-24-25(7)9-5-11(19)14(21)12(20)6-9)16(26)23-29(27,28)13-4-8(17)2-3-10(13)18/h2-6H,1H3,(H,23,26). The molecule has 2 aromatic carbocycles. The molecule has 13 heteroatoms. The number of carbonyl (C=O) groups is 1. The van der Waals surface area contributed by atoms with Crippen LogP contribution in [0, 0.1) is 12.7 Å². The first-order valence-corrected chi connectivity index (χ1v) is 10.6. The van der Waals surface area contributed by atoms with Gasteiger partial charge in [-0.05, 0) is 37.3 Å². The van der Waals surface area contributed by atoms with Crippen molar-refractivity contribution in [3.8, 4) is 5.69 Å². The van der Waals surface area contributed by atoms with E-state index in [0.29, 0.717) is 0 Å². The van der Waals surface area contributed by atoms with Crippen molar-refractivity contribution in [1.29, 1.82) is 0 Å². The minimum Gasteiger partial charge on any atom is -0.266 e. The summed E-state index contributed by atoms with van der Waals surface area (Å²) in [5, 5.41) is 6.95. The highest BCUT2D eigenvalue weighted by atomic mass is 35.5. The number of amides is 1. The van der Waals surface area contributed by atoms with E-state index in [9.17, 15) is 17.6 Å². The third-order valence-corrected chi connectivity index (χ3v) is 6.33. The molecule has 0 radical (unpaired) electrons. The summed E-state index contributed by atoms with van der Waals surface area (Å²) in [6, 6.07) is 6.25. The molecule has 3 aromatic rings. The Kier molecular flexibility index (Phi) is 6.07. The van der Waals surface area contributed by atoms with Crippen LogP contribution in [0.2, 0.25) is 20.1 Å². The summed E-state index contributed by atoms with van der Waals surface area (Å²) < 4.78 is 41.6. The van der Waals surface area contributed by atoms with Gasteiger partial charge in [-0.1, -0.05) is 51.6 Å². The monoisotopic (exact) mass is 496 g/mol. The first-order valence-electron chi connectivity index (χ1n) is 7.60. The molecule has 1 N–H and O–H groups in total. The van der Waals surface area contributed by atoms with E-state index in [1.165, 1.54) is 31.2 Å². The molecule has 29 heavy (non-hydrogen) atoms. The van der Waals surface area contributed by atoms with Crippen LogP contribution in [0.1, 0.15) is 16.2 Å². The fourth-order valence-corrected chi connectivity index (χ4v) is 4.55. The summed E-state index contributed by atoms with van der Waals surface area (Å²) in [7, 11) is -4.34. The van der Waals surface area contributed by atoms with Gasteiger partial charge in [0.15, 0.2) is 11.5 Å². The molecule has 3 rings (SSSR count). The van der Waals surface area contributed by atoms with Gasteiger partial charge in [-0.25, -0.2) is 22.2 Å². The number of halogens is 5. The SMILES string of the molecule is Cc1c(C(=O)NS(=O)(=O)c2cc(Cl)ccc2Cl)nnn1-c1cc(Cl)c(F)c(Cl)c1. The zero-order valence-electron chi connectivity index (χ0n) is 14.3. The van der Waals surface area contributed by atoms with Crippen molar-refractivity contribution in [2.45, 2.75) is 11.8 Å². The number of nitrogens with zero attached hydrogens (tertiary/aromatic N) is 3. The predicted octanol–water partition coefficient (Wildman–Crippen LogP) is 4.45. The maximum Gasteiger partial charge on any atom is 0.287 e. The Hall–Kier alpha value is -1.91. The Labute approximate surface area is 184 Å². The summed E-state index contributed by atoms with van der Waals surface area (Å²) in [6.45, 7) is 1.46. The number of rotatable bonds is 4. The Balaban J connectivity index is 1.95. The number of carbonyl (C=O) groups excluding carboxylic acids is 1. The smallest absolute Gasteiger partial charge is 0.266 e. The molecular weight excluding hydrogens is 489 g/mol. The maximum atomic E-state index is 13.6. The second-order valence-corrected chi connectivity index (χ2v) is 8.98. The van der Waals surface area contributed by atoms with E-state index in [1.54, 1.807) is 0 Å². The molecule has 0 unspecified atom stereocenters. The van der Waals surface area contributed by atoms with E-state index >= 15 is 0 Å². The van der Waals surface area contributed by atoms with E-state index in [-0.39, 0.29) is 42.1 Å². The first-order chi connectivity index (χ1) is 13.5. The Bertz CT molecular complexity index is 1220. The molecule has 152 valence electrons. The van der Waals surface area contributed by atoms with Crippen molar-refractivity contribution < 1.29 is 17.6 Å². The zero-order chi connectivity index (χ0) is 21.5. The van der Waals surface area contributed by atoms with E-state index in [2.05, 4.69) is 10.3 Å². The van der Waals surface area contributed by atoms with Crippen LogP contribution < -0.4 is 4.72 Å². The molecule has 0 bridgehead atoms. The molecule has 0 saturated heterocycles. The summed E-state index contributed by atoms with van der Waals surface area (Å²) in [4.78, 5) is 12.1. The Morgan fingerprint density at radius 2 is 1.69 bits per heavy atom. The predicted molar refractivity (Wildman–Crippen MR) is 107 cm³/mol. The maximum absolute atomic E-state index is 13.6. The lowest BCUT2D eigenvalue weighted by atomic mass is 10.3. The normalized spacial score (nSPS) is 11.5. The average molecular weight is 498 g/mol. The van der Waals surface area contributed by atoms with E-state index in [4.69, 9.17) is 46.4 Å². The van der Waals surface area contributed by atoms with Gasteiger partial charge in [0.25, 0.3) is 15.9 Å². The van der Waals surface area contributed by atoms with Gasteiger partial charge in [-0.2, -0.15) is 0 Å². The van der Waals surface area contributed by atoms with Crippen molar-refractivity contribution in [2.24, 2.45) is 0 Å². The number of benzene rings is 2. The van der Waals surface area contributed by atoms with E-state index < -0.39 is 21.7 Å². The third-order valence-electron chi connectivity index (χ3n) is 3.73. The van der Waals surface area contributed by atoms with Gasteiger partial charge in [0, 0.05) is 5.02 Å². The molecule has 1 heterocycles. The van der Waals surface area contributed by atoms with Gasteiger partial charge < -0.3 is 0 Å². The van der Waals surface area contributed by atoms with Crippen molar-refractivity contribution >= 4 is 62.3 Å². The van der Waals surface area contributed by atoms with Crippen LogP contribution in [0.25, 0.3) is 5.69 Å². The zero-order valence-corrected chi connectivity index (χ0v) is 18.1. The molecule has 0 spiro atoms. The van der Waals surface area contributed by atoms with E-state index in [0.717, 1.165) is 10.7 Å². The summed E-state index contributed by atoms with van der Waals surface area (Å²) >= 11 is 23.2. The fourth-order valence-electron chi connectivity index (χ4n) is 2.36. The van der Waals surface area contributed by atoms with Crippen molar-refractivity contribution in [1.82, 2.24) is 19.7 Å². The molecule has 1 aromatic heterocycles. The minimum atomic E-state index is -4.34. The molecular formula is C16H9Cl4FN4O3S. The number of hydrogen-bond acceptors (Lipinski definition) is 5. The highest BCUT2D eigenvalue weighted by molar-refractivity contribution is 7.90. The van der Waals surface area contributed by atoms with Crippen LogP contribution in [0.3, 0.4) is 0 Å². The second-order valence-electron chi connectivity index (χ2n) is 5.67.